The quantitative estimate of drug-likeness (QED) is 0.798. The van der Waals surface area contributed by atoms with Gasteiger partial charge in [-0.05, 0) is 6.92 Å². The molecule has 0 saturated heterocycles. The highest BCUT2D eigenvalue weighted by molar-refractivity contribution is 7.15. The monoisotopic (exact) mass is 278 g/mol. The van der Waals surface area contributed by atoms with Crippen LogP contribution in [0.1, 0.15) is 21.2 Å². The van der Waals surface area contributed by atoms with E-state index in [0.717, 1.165) is 15.7 Å². The summed E-state index contributed by atoms with van der Waals surface area (Å²) in [7, 11) is 0. The number of aryl methyl sites for hydroxylation is 1. The molecule has 1 N–H and O–H groups in total. The number of thiazole rings is 2. The van der Waals surface area contributed by atoms with E-state index in [0.29, 0.717) is 12.2 Å². The molecular weight excluding hydrogens is 268 g/mol. The number of hydrogen-bond acceptors (Lipinski definition) is 5. The molecule has 3 rings (SSSR count). The zero-order valence-corrected chi connectivity index (χ0v) is 11.2. The maximum Gasteiger partial charge on any atom is 0.271 e. The Balaban J connectivity index is 1.67. The minimum Gasteiger partial charge on any atom is -0.345 e. The number of imidazole rings is 1. The Kier molecular flexibility index (Phi) is 2.85. The van der Waals surface area contributed by atoms with Crippen LogP contribution >= 0.6 is 22.7 Å². The first-order valence-corrected chi connectivity index (χ1v) is 7.10. The van der Waals surface area contributed by atoms with Crippen molar-refractivity contribution < 1.29 is 4.79 Å². The van der Waals surface area contributed by atoms with Crippen LogP contribution in [0.2, 0.25) is 0 Å². The lowest BCUT2D eigenvalue weighted by Gasteiger charge is -1.99. The molecular formula is C11H10N4OS2. The van der Waals surface area contributed by atoms with Gasteiger partial charge in [-0.1, -0.05) is 0 Å². The first kappa shape index (κ1) is 11.4. The van der Waals surface area contributed by atoms with Gasteiger partial charge in [-0.2, -0.15) is 0 Å². The van der Waals surface area contributed by atoms with E-state index in [4.69, 9.17) is 0 Å². The van der Waals surface area contributed by atoms with Crippen molar-refractivity contribution in [2.24, 2.45) is 0 Å². The summed E-state index contributed by atoms with van der Waals surface area (Å²) in [5.41, 5.74) is 1.32. The van der Waals surface area contributed by atoms with Gasteiger partial charge in [-0.15, -0.1) is 22.7 Å². The van der Waals surface area contributed by atoms with Crippen molar-refractivity contribution in [3.05, 3.63) is 39.5 Å². The zero-order valence-electron chi connectivity index (χ0n) is 9.58. The van der Waals surface area contributed by atoms with Crippen molar-refractivity contribution in [1.82, 2.24) is 19.7 Å². The van der Waals surface area contributed by atoms with Gasteiger partial charge in [0.25, 0.3) is 5.91 Å². The van der Waals surface area contributed by atoms with Crippen LogP contribution < -0.4 is 5.32 Å². The lowest BCUT2D eigenvalue weighted by Crippen LogP contribution is -2.23. The van der Waals surface area contributed by atoms with Crippen LogP contribution in [0.25, 0.3) is 4.96 Å². The Morgan fingerprint density at radius 1 is 1.44 bits per heavy atom. The number of nitrogens with zero attached hydrogens (tertiary/aromatic N) is 3. The molecule has 0 saturated carbocycles. The minimum atomic E-state index is -0.157. The van der Waals surface area contributed by atoms with E-state index in [-0.39, 0.29) is 5.91 Å². The van der Waals surface area contributed by atoms with E-state index >= 15 is 0 Å². The van der Waals surface area contributed by atoms with Gasteiger partial charge in [-0.3, -0.25) is 9.20 Å². The van der Waals surface area contributed by atoms with E-state index < -0.39 is 0 Å². The predicted molar refractivity (Wildman–Crippen MR) is 71.1 cm³/mol. The first-order chi connectivity index (χ1) is 8.72. The van der Waals surface area contributed by atoms with E-state index in [1.54, 1.807) is 16.7 Å². The third kappa shape index (κ3) is 2.14. The van der Waals surface area contributed by atoms with Crippen molar-refractivity contribution in [3.8, 4) is 0 Å². The van der Waals surface area contributed by atoms with Crippen LogP contribution in [0.4, 0.5) is 0 Å². The molecule has 0 spiro atoms. The van der Waals surface area contributed by atoms with Crippen LogP contribution in [0, 0.1) is 6.92 Å². The molecule has 0 bridgehead atoms. The third-order valence-corrected chi connectivity index (χ3v) is 3.97. The molecule has 3 aromatic rings. The van der Waals surface area contributed by atoms with Crippen molar-refractivity contribution in [3.63, 3.8) is 0 Å². The maximum atomic E-state index is 11.8. The van der Waals surface area contributed by atoms with Gasteiger partial charge in [0.1, 0.15) is 5.69 Å². The highest BCUT2D eigenvalue weighted by Crippen LogP contribution is 2.11. The summed E-state index contributed by atoms with van der Waals surface area (Å²) >= 11 is 3.04. The Bertz CT molecular complexity index is 668. The second-order valence-electron chi connectivity index (χ2n) is 3.76. The Labute approximate surface area is 111 Å². The number of carbonyl (C=O) groups excluding carboxylic acids is 1. The molecule has 0 radical (unpaired) electrons. The fourth-order valence-electron chi connectivity index (χ4n) is 1.59. The summed E-state index contributed by atoms with van der Waals surface area (Å²) in [5, 5.41) is 7.44. The second kappa shape index (κ2) is 4.51. The van der Waals surface area contributed by atoms with Crippen molar-refractivity contribution in [1.29, 1.82) is 0 Å². The summed E-state index contributed by atoms with van der Waals surface area (Å²) in [6, 6.07) is 0. The fraction of sp³-hybridized carbons (Fsp3) is 0.182. The van der Waals surface area contributed by atoms with Gasteiger partial charge in [0.15, 0.2) is 4.96 Å². The summed E-state index contributed by atoms with van der Waals surface area (Å²) in [6.07, 6.45) is 3.86. The molecule has 0 aliphatic carbocycles. The molecule has 0 unspecified atom stereocenters. The number of aromatic nitrogens is 3. The lowest BCUT2D eigenvalue weighted by molar-refractivity contribution is 0.0946. The van der Waals surface area contributed by atoms with Crippen molar-refractivity contribution >= 4 is 33.5 Å². The standard InChI is InChI=1S/C11H10N4OS2/c1-7-13-9(6-18-7)10(16)12-4-8-5-15-2-3-17-11(15)14-8/h2-3,5-6H,4H2,1H3,(H,12,16). The van der Waals surface area contributed by atoms with E-state index in [1.165, 1.54) is 11.3 Å². The third-order valence-electron chi connectivity index (χ3n) is 2.42. The van der Waals surface area contributed by atoms with Gasteiger partial charge < -0.3 is 5.32 Å². The molecule has 1 amide bonds. The smallest absolute Gasteiger partial charge is 0.271 e. The van der Waals surface area contributed by atoms with Crippen LogP contribution in [-0.4, -0.2) is 20.3 Å². The zero-order chi connectivity index (χ0) is 12.5. The highest BCUT2D eigenvalue weighted by atomic mass is 32.1. The average molecular weight is 278 g/mol. The number of hydrogen-bond donors (Lipinski definition) is 1. The molecule has 3 aromatic heterocycles. The summed E-state index contributed by atoms with van der Waals surface area (Å²) < 4.78 is 1.94. The highest BCUT2D eigenvalue weighted by Gasteiger charge is 2.10. The minimum absolute atomic E-state index is 0.157. The van der Waals surface area contributed by atoms with Crippen LogP contribution in [0.3, 0.4) is 0 Å². The van der Waals surface area contributed by atoms with Crippen LogP contribution in [0.5, 0.6) is 0 Å². The van der Waals surface area contributed by atoms with Gasteiger partial charge in [-0.25, -0.2) is 9.97 Å². The van der Waals surface area contributed by atoms with Crippen molar-refractivity contribution in [2.45, 2.75) is 13.5 Å². The molecule has 3 heterocycles. The predicted octanol–water partition coefficient (Wildman–Crippen LogP) is 2.09. The molecule has 0 aliphatic rings. The largest absolute Gasteiger partial charge is 0.345 e. The van der Waals surface area contributed by atoms with E-state index in [1.807, 2.05) is 29.1 Å². The number of nitrogens with one attached hydrogen (secondary N) is 1. The van der Waals surface area contributed by atoms with E-state index in [9.17, 15) is 4.79 Å². The molecule has 18 heavy (non-hydrogen) atoms. The van der Waals surface area contributed by atoms with Gasteiger partial charge in [0, 0.05) is 23.2 Å². The molecule has 0 aliphatic heterocycles. The number of fused-ring (bicyclic) bond motifs is 1. The number of amides is 1. The Morgan fingerprint density at radius 3 is 3.06 bits per heavy atom. The Morgan fingerprint density at radius 2 is 2.33 bits per heavy atom. The normalized spacial score (nSPS) is 10.9. The van der Waals surface area contributed by atoms with Crippen LogP contribution in [-0.2, 0) is 6.54 Å². The van der Waals surface area contributed by atoms with Gasteiger partial charge >= 0.3 is 0 Å². The number of rotatable bonds is 3. The summed E-state index contributed by atoms with van der Waals surface area (Å²) in [6.45, 7) is 2.30. The van der Waals surface area contributed by atoms with Gasteiger partial charge in [0.05, 0.1) is 17.2 Å². The molecule has 0 fully saturated rings. The molecule has 0 atom stereocenters. The van der Waals surface area contributed by atoms with Gasteiger partial charge in [0.2, 0.25) is 0 Å². The molecule has 92 valence electrons. The van der Waals surface area contributed by atoms with E-state index in [2.05, 4.69) is 15.3 Å². The number of carbonyl (C=O) groups is 1. The summed E-state index contributed by atoms with van der Waals surface area (Å²) in [5.74, 6) is -0.157. The SMILES string of the molecule is Cc1nc(C(=O)NCc2cn3ccsc3n2)cs1. The molecule has 7 heteroatoms. The van der Waals surface area contributed by atoms with Crippen molar-refractivity contribution in [2.75, 3.05) is 0 Å². The maximum absolute atomic E-state index is 11.8. The van der Waals surface area contributed by atoms with Crippen LogP contribution in [0.15, 0.2) is 23.2 Å². The molecule has 5 nitrogen and oxygen atoms in total. The second-order valence-corrected chi connectivity index (χ2v) is 5.69. The topological polar surface area (TPSA) is 59.3 Å². The fourth-order valence-corrected chi connectivity index (χ4v) is 2.90. The average Bonchev–Trinajstić information content (AvgIpc) is 3.00. The molecule has 0 aromatic carbocycles. The lowest BCUT2D eigenvalue weighted by atomic mass is 10.4. The first-order valence-electron chi connectivity index (χ1n) is 5.34. The Hall–Kier alpha value is -1.73. The summed E-state index contributed by atoms with van der Waals surface area (Å²) in [4.78, 5) is 21.3.